The molecule has 72 valence electrons. The van der Waals surface area contributed by atoms with Gasteiger partial charge < -0.3 is 5.32 Å². The third-order valence-corrected chi connectivity index (χ3v) is 2.83. The van der Waals surface area contributed by atoms with Crippen molar-refractivity contribution in [2.24, 2.45) is 5.92 Å². The molecule has 1 aromatic rings. The molecule has 0 saturated carbocycles. The van der Waals surface area contributed by atoms with E-state index < -0.39 is 0 Å². The lowest BCUT2D eigenvalue weighted by Crippen LogP contribution is -2.21. The predicted molar refractivity (Wildman–Crippen MR) is 57.0 cm³/mol. The summed E-state index contributed by atoms with van der Waals surface area (Å²) in [5.74, 6) is 0.295. The quantitative estimate of drug-likeness (QED) is 0.789. The number of amides is 1. The van der Waals surface area contributed by atoms with Crippen molar-refractivity contribution in [3.8, 4) is 0 Å². The number of carbonyl (C=O) groups is 1. The van der Waals surface area contributed by atoms with Crippen LogP contribution in [0, 0.1) is 5.92 Å². The molecule has 1 rings (SSSR count). The zero-order valence-electron chi connectivity index (χ0n) is 8.04. The van der Waals surface area contributed by atoms with E-state index in [2.05, 4.69) is 5.32 Å². The van der Waals surface area contributed by atoms with Crippen molar-refractivity contribution < 1.29 is 4.79 Å². The number of hydrogen-bond donors (Lipinski definition) is 1. The molecule has 0 aliphatic heterocycles. The van der Waals surface area contributed by atoms with E-state index in [0.717, 1.165) is 18.5 Å². The largest absolute Gasteiger partial charge is 0.325 e. The van der Waals surface area contributed by atoms with E-state index >= 15 is 0 Å². The van der Waals surface area contributed by atoms with Crippen molar-refractivity contribution >= 4 is 22.9 Å². The van der Waals surface area contributed by atoms with Crippen LogP contribution in [-0.4, -0.2) is 5.91 Å². The number of carbonyl (C=O) groups excluding carboxylic acids is 1. The fourth-order valence-corrected chi connectivity index (χ4v) is 1.83. The first-order chi connectivity index (χ1) is 6.27. The molecule has 0 fully saturated rings. The zero-order valence-corrected chi connectivity index (χ0v) is 8.86. The molecule has 1 heterocycles. The van der Waals surface area contributed by atoms with E-state index in [-0.39, 0.29) is 11.8 Å². The van der Waals surface area contributed by atoms with Gasteiger partial charge in [-0.3, -0.25) is 4.79 Å². The van der Waals surface area contributed by atoms with Gasteiger partial charge in [0.15, 0.2) is 0 Å². The van der Waals surface area contributed by atoms with Crippen LogP contribution >= 0.6 is 11.3 Å². The monoisotopic (exact) mass is 197 g/mol. The number of rotatable bonds is 4. The molecule has 0 aliphatic carbocycles. The molecule has 0 radical (unpaired) electrons. The molecule has 0 aromatic carbocycles. The molecule has 0 spiro atoms. The molecule has 1 aromatic heterocycles. The van der Waals surface area contributed by atoms with Gasteiger partial charge in [0, 0.05) is 11.3 Å². The van der Waals surface area contributed by atoms with Gasteiger partial charge in [0.2, 0.25) is 5.91 Å². The van der Waals surface area contributed by atoms with Gasteiger partial charge in [-0.15, -0.1) is 0 Å². The van der Waals surface area contributed by atoms with E-state index in [4.69, 9.17) is 0 Å². The van der Waals surface area contributed by atoms with Crippen LogP contribution in [0.2, 0.25) is 0 Å². The van der Waals surface area contributed by atoms with Gasteiger partial charge in [0.25, 0.3) is 0 Å². The van der Waals surface area contributed by atoms with Crippen LogP contribution in [0.1, 0.15) is 26.7 Å². The summed E-state index contributed by atoms with van der Waals surface area (Å²) in [6, 6.07) is 1.92. The minimum absolute atomic E-state index is 0.142. The maximum Gasteiger partial charge on any atom is 0.227 e. The van der Waals surface area contributed by atoms with Gasteiger partial charge in [-0.05, 0) is 24.3 Å². The smallest absolute Gasteiger partial charge is 0.227 e. The molecule has 1 amide bonds. The van der Waals surface area contributed by atoms with Crippen LogP contribution in [-0.2, 0) is 4.79 Å². The summed E-state index contributed by atoms with van der Waals surface area (Å²) in [6.45, 7) is 4.09. The molecule has 13 heavy (non-hydrogen) atoms. The molecule has 0 aliphatic rings. The highest BCUT2D eigenvalue weighted by Crippen LogP contribution is 2.15. The minimum atomic E-state index is 0.142. The normalized spacial score (nSPS) is 10.4. The number of nitrogens with one attached hydrogen (secondary N) is 1. The molecular weight excluding hydrogens is 182 g/mol. The number of hydrogen-bond acceptors (Lipinski definition) is 2. The van der Waals surface area contributed by atoms with Gasteiger partial charge in [0.05, 0.1) is 5.69 Å². The van der Waals surface area contributed by atoms with Crippen LogP contribution in [0.3, 0.4) is 0 Å². The van der Waals surface area contributed by atoms with Crippen molar-refractivity contribution in [2.75, 3.05) is 5.32 Å². The molecule has 3 heteroatoms. The lowest BCUT2D eigenvalue weighted by molar-refractivity contribution is -0.120. The number of anilines is 1. The molecule has 0 unspecified atom stereocenters. The summed E-state index contributed by atoms with van der Waals surface area (Å²) in [5.41, 5.74) is 0.918. The Kier molecular flexibility index (Phi) is 3.96. The van der Waals surface area contributed by atoms with Gasteiger partial charge in [-0.25, -0.2) is 0 Å². The van der Waals surface area contributed by atoms with Crippen molar-refractivity contribution in [1.29, 1.82) is 0 Å². The molecule has 0 saturated heterocycles. The Morgan fingerprint density at radius 3 is 2.69 bits per heavy atom. The maximum absolute atomic E-state index is 11.6. The summed E-state index contributed by atoms with van der Waals surface area (Å²) in [7, 11) is 0. The van der Waals surface area contributed by atoms with Crippen molar-refractivity contribution in [3.63, 3.8) is 0 Å². The minimum Gasteiger partial charge on any atom is -0.325 e. The highest BCUT2D eigenvalue weighted by Gasteiger charge is 2.13. The highest BCUT2D eigenvalue weighted by atomic mass is 32.1. The summed E-state index contributed by atoms with van der Waals surface area (Å²) in [4.78, 5) is 11.6. The van der Waals surface area contributed by atoms with Gasteiger partial charge in [-0.1, -0.05) is 13.8 Å². The van der Waals surface area contributed by atoms with E-state index in [0.29, 0.717) is 0 Å². The predicted octanol–water partition coefficient (Wildman–Crippen LogP) is 3.12. The summed E-state index contributed by atoms with van der Waals surface area (Å²) in [6.07, 6.45) is 1.82. The van der Waals surface area contributed by atoms with Gasteiger partial charge in [0.1, 0.15) is 0 Å². The summed E-state index contributed by atoms with van der Waals surface area (Å²) in [5, 5.41) is 6.80. The average Bonchev–Trinajstić information content (AvgIpc) is 2.59. The van der Waals surface area contributed by atoms with Crippen LogP contribution < -0.4 is 5.32 Å². The lowest BCUT2D eigenvalue weighted by Gasteiger charge is -2.11. The SMILES string of the molecule is CCC(CC)C(=O)Nc1ccsc1. The van der Waals surface area contributed by atoms with Crippen molar-refractivity contribution in [1.82, 2.24) is 0 Å². The van der Waals surface area contributed by atoms with Crippen LogP contribution in [0.25, 0.3) is 0 Å². The molecular formula is C10H15NOS. The Morgan fingerprint density at radius 2 is 2.23 bits per heavy atom. The third kappa shape index (κ3) is 2.84. The Bertz CT molecular complexity index is 252. The molecule has 0 atom stereocenters. The average molecular weight is 197 g/mol. The van der Waals surface area contributed by atoms with E-state index in [1.165, 1.54) is 0 Å². The van der Waals surface area contributed by atoms with Gasteiger partial charge >= 0.3 is 0 Å². The Morgan fingerprint density at radius 1 is 1.54 bits per heavy atom. The topological polar surface area (TPSA) is 29.1 Å². The third-order valence-electron chi connectivity index (χ3n) is 2.15. The van der Waals surface area contributed by atoms with Crippen LogP contribution in [0.5, 0.6) is 0 Å². The second kappa shape index (κ2) is 5.02. The Labute approximate surface area is 83.0 Å². The summed E-state index contributed by atoms with van der Waals surface area (Å²) >= 11 is 1.59. The van der Waals surface area contributed by atoms with Crippen molar-refractivity contribution in [2.45, 2.75) is 26.7 Å². The van der Waals surface area contributed by atoms with Crippen LogP contribution in [0.4, 0.5) is 5.69 Å². The highest BCUT2D eigenvalue weighted by molar-refractivity contribution is 7.08. The Hall–Kier alpha value is -0.830. The van der Waals surface area contributed by atoms with Gasteiger partial charge in [-0.2, -0.15) is 11.3 Å². The summed E-state index contributed by atoms with van der Waals surface area (Å²) < 4.78 is 0. The van der Waals surface area contributed by atoms with E-state index in [9.17, 15) is 4.79 Å². The fourth-order valence-electron chi connectivity index (χ4n) is 1.24. The molecule has 2 nitrogen and oxygen atoms in total. The first kappa shape index (κ1) is 10.3. The number of thiophene rings is 1. The fraction of sp³-hybridized carbons (Fsp3) is 0.500. The first-order valence-electron chi connectivity index (χ1n) is 4.61. The lowest BCUT2D eigenvalue weighted by atomic mass is 10.0. The first-order valence-corrected chi connectivity index (χ1v) is 5.55. The maximum atomic E-state index is 11.6. The van der Waals surface area contributed by atoms with E-state index in [1.807, 2.05) is 30.7 Å². The van der Waals surface area contributed by atoms with Crippen molar-refractivity contribution in [3.05, 3.63) is 16.8 Å². The molecule has 0 bridgehead atoms. The standard InChI is InChI=1S/C10H15NOS/c1-3-8(4-2)10(12)11-9-5-6-13-7-9/h5-8H,3-4H2,1-2H3,(H,11,12). The van der Waals surface area contributed by atoms with E-state index in [1.54, 1.807) is 11.3 Å². The Balaban J connectivity index is 2.49. The second-order valence-electron chi connectivity index (χ2n) is 3.01. The van der Waals surface area contributed by atoms with Crippen LogP contribution in [0.15, 0.2) is 16.8 Å². The second-order valence-corrected chi connectivity index (χ2v) is 3.79. The molecule has 1 N–H and O–H groups in total. The zero-order chi connectivity index (χ0) is 9.68.